The number of nitrogens with one attached hydrogen (secondary N) is 1. The Morgan fingerprint density at radius 1 is 1.12 bits per heavy atom. The van der Waals surface area contributed by atoms with Crippen LogP contribution >= 0.6 is 0 Å². The van der Waals surface area contributed by atoms with E-state index in [1.54, 1.807) is 0 Å². The zero-order valence-electron chi connectivity index (χ0n) is 12.3. The Labute approximate surface area is 103 Å². The normalized spacial score (nSPS) is 21.7. The highest BCUT2D eigenvalue weighted by Crippen LogP contribution is 2.41. The average Bonchev–Trinajstić information content (AvgIpc) is 2.32. The Hall–Kier alpha value is -0.300. The van der Waals surface area contributed by atoms with Crippen LogP contribution in [0.1, 0.15) is 54.4 Å². The van der Waals surface area contributed by atoms with Crippen molar-refractivity contribution in [1.82, 2.24) is 5.32 Å². The molecular formula is C15H31N. The van der Waals surface area contributed by atoms with Crippen LogP contribution in [0.2, 0.25) is 0 Å². The summed E-state index contributed by atoms with van der Waals surface area (Å²) in [5.74, 6) is 1.42. The summed E-state index contributed by atoms with van der Waals surface area (Å²) in [7, 11) is 2.01. The van der Waals surface area contributed by atoms with Gasteiger partial charge in [0, 0.05) is 6.04 Å². The molecule has 96 valence electrons. The molecule has 0 spiro atoms. The maximum atomic E-state index is 3.25. The Morgan fingerprint density at radius 2 is 1.69 bits per heavy atom. The number of hydrogen-bond acceptors (Lipinski definition) is 1. The molecule has 0 fully saturated rings. The number of likely N-dealkylation sites (N-methyl/N-ethyl adjacent to an activating group) is 1. The molecule has 0 heterocycles. The smallest absolute Gasteiger partial charge is 0.0218 e. The molecule has 1 nitrogen and oxygen atoms in total. The van der Waals surface area contributed by atoms with E-state index in [0.717, 1.165) is 5.92 Å². The number of rotatable bonds is 7. The largest absolute Gasteiger partial charge is 0.314 e. The third-order valence-electron chi connectivity index (χ3n) is 4.68. The molecule has 0 aromatic carbocycles. The SMILES string of the molecule is CCC(C)C(C)(CC)C(C)C=CC(C)NC. The Balaban J connectivity index is 4.64. The highest BCUT2D eigenvalue weighted by Gasteiger charge is 2.32. The average molecular weight is 225 g/mol. The summed E-state index contributed by atoms with van der Waals surface area (Å²) in [6.45, 7) is 14.0. The summed E-state index contributed by atoms with van der Waals surface area (Å²) in [6, 6.07) is 0.473. The van der Waals surface area contributed by atoms with Crippen LogP contribution in [-0.4, -0.2) is 13.1 Å². The Morgan fingerprint density at radius 3 is 2.06 bits per heavy atom. The van der Waals surface area contributed by atoms with Crippen LogP contribution in [0.15, 0.2) is 12.2 Å². The first kappa shape index (κ1) is 15.7. The first-order chi connectivity index (χ1) is 7.42. The molecule has 1 N–H and O–H groups in total. The minimum Gasteiger partial charge on any atom is -0.314 e. The summed E-state index contributed by atoms with van der Waals surface area (Å²) >= 11 is 0. The summed E-state index contributed by atoms with van der Waals surface area (Å²) in [5, 5.41) is 3.25. The molecule has 0 rings (SSSR count). The van der Waals surface area contributed by atoms with Crippen LogP contribution in [0.5, 0.6) is 0 Å². The van der Waals surface area contributed by atoms with E-state index in [1.165, 1.54) is 12.8 Å². The molecule has 0 radical (unpaired) electrons. The van der Waals surface area contributed by atoms with Crippen molar-refractivity contribution >= 4 is 0 Å². The zero-order valence-corrected chi connectivity index (χ0v) is 12.3. The molecule has 0 amide bonds. The van der Waals surface area contributed by atoms with Gasteiger partial charge in [-0.1, -0.05) is 53.2 Å². The van der Waals surface area contributed by atoms with Gasteiger partial charge in [0.25, 0.3) is 0 Å². The zero-order chi connectivity index (χ0) is 12.8. The van der Waals surface area contributed by atoms with Crippen molar-refractivity contribution in [3.63, 3.8) is 0 Å². The van der Waals surface area contributed by atoms with Gasteiger partial charge in [-0.2, -0.15) is 0 Å². The lowest BCUT2D eigenvalue weighted by atomic mass is 9.66. The van der Waals surface area contributed by atoms with Crippen LogP contribution in [0, 0.1) is 17.3 Å². The molecule has 0 saturated heterocycles. The van der Waals surface area contributed by atoms with Crippen molar-refractivity contribution in [2.45, 2.75) is 60.4 Å². The standard InChI is InChI=1S/C15H31N/c1-8-12(3)15(6,9-2)13(4)10-11-14(5)16-7/h10-14,16H,8-9H2,1-7H3. The van der Waals surface area contributed by atoms with E-state index < -0.39 is 0 Å². The van der Waals surface area contributed by atoms with Gasteiger partial charge >= 0.3 is 0 Å². The first-order valence-corrected chi connectivity index (χ1v) is 6.77. The molecule has 0 aromatic rings. The second-order valence-corrected chi connectivity index (χ2v) is 5.42. The van der Waals surface area contributed by atoms with Crippen LogP contribution in [0.4, 0.5) is 0 Å². The summed E-state index contributed by atoms with van der Waals surface area (Å²) in [6.07, 6.45) is 7.20. The molecule has 4 atom stereocenters. The summed E-state index contributed by atoms with van der Waals surface area (Å²) < 4.78 is 0. The Kier molecular flexibility index (Phi) is 6.98. The van der Waals surface area contributed by atoms with E-state index in [1.807, 2.05) is 7.05 Å². The lowest BCUT2D eigenvalue weighted by molar-refractivity contribution is 0.132. The summed E-state index contributed by atoms with van der Waals surface area (Å²) in [4.78, 5) is 0. The maximum absolute atomic E-state index is 3.25. The first-order valence-electron chi connectivity index (χ1n) is 6.77. The van der Waals surface area contributed by atoms with E-state index in [9.17, 15) is 0 Å². The third-order valence-corrected chi connectivity index (χ3v) is 4.68. The monoisotopic (exact) mass is 225 g/mol. The maximum Gasteiger partial charge on any atom is 0.0218 e. The van der Waals surface area contributed by atoms with Crippen LogP contribution in [-0.2, 0) is 0 Å². The molecule has 16 heavy (non-hydrogen) atoms. The van der Waals surface area contributed by atoms with Crippen LogP contribution in [0.25, 0.3) is 0 Å². The van der Waals surface area contributed by atoms with Crippen molar-refractivity contribution in [2.24, 2.45) is 17.3 Å². The van der Waals surface area contributed by atoms with Crippen LogP contribution < -0.4 is 5.32 Å². The second-order valence-electron chi connectivity index (χ2n) is 5.42. The fraction of sp³-hybridized carbons (Fsp3) is 0.867. The third kappa shape index (κ3) is 3.93. The lowest BCUT2D eigenvalue weighted by Crippen LogP contribution is -2.31. The lowest BCUT2D eigenvalue weighted by Gasteiger charge is -2.39. The molecular weight excluding hydrogens is 194 g/mol. The Bertz CT molecular complexity index is 209. The van der Waals surface area contributed by atoms with Gasteiger partial charge in [0.15, 0.2) is 0 Å². The van der Waals surface area contributed by atoms with Gasteiger partial charge in [0.05, 0.1) is 0 Å². The highest BCUT2D eigenvalue weighted by molar-refractivity contribution is 4.99. The minimum atomic E-state index is 0.429. The molecule has 0 aromatic heterocycles. The van der Waals surface area contributed by atoms with Gasteiger partial charge in [-0.3, -0.25) is 0 Å². The van der Waals surface area contributed by atoms with Gasteiger partial charge in [-0.15, -0.1) is 0 Å². The second kappa shape index (κ2) is 7.11. The van der Waals surface area contributed by atoms with Crippen molar-refractivity contribution < 1.29 is 0 Å². The van der Waals surface area contributed by atoms with Gasteiger partial charge in [0.1, 0.15) is 0 Å². The molecule has 0 bridgehead atoms. The van der Waals surface area contributed by atoms with Gasteiger partial charge in [0.2, 0.25) is 0 Å². The quantitative estimate of drug-likeness (QED) is 0.639. The molecule has 0 aliphatic rings. The van der Waals surface area contributed by atoms with E-state index in [4.69, 9.17) is 0 Å². The van der Waals surface area contributed by atoms with Crippen molar-refractivity contribution in [3.8, 4) is 0 Å². The molecule has 0 saturated carbocycles. The van der Waals surface area contributed by atoms with E-state index in [-0.39, 0.29) is 0 Å². The molecule has 0 aliphatic heterocycles. The predicted molar refractivity (Wildman–Crippen MR) is 74.7 cm³/mol. The molecule has 0 aliphatic carbocycles. The van der Waals surface area contributed by atoms with Crippen molar-refractivity contribution in [2.75, 3.05) is 7.05 Å². The van der Waals surface area contributed by atoms with E-state index in [0.29, 0.717) is 17.4 Å². The highest BCUT2D eigenvalue weighted by atomic mass is 14.8. The predicted octanol–water partition coefficient (Wildman–Crippen LogP) is 4.25. The van der Waals surface area contributed by atoms with Gasteiger partial charge < -0.3 is 5.32 Å². The molecule has 4 unspecified atom stereocenters. The minimum absolute atomic E-state index is 0.429. The van der Waals surface area contributed by atoms with Gasteiger partial charge in [-0.05, 0) is 37.6 Å². The fourth-order valence-corrected chi connectivity index (χ4v) is 2.23. The fourth-order valence-electron chi connectivity index (χ4n) is 2.23. The van der Waals surface area contributed by atoms with E-state index >= 15 is 0 Å². The number of hydrogen-bond donors (Lipinski definition) is 1. The van der Waals surface area contributed by atoms with E-state index in [2.05, 4.69) is 59.0 Å². The van der Waals surface area contributed by atoms with Gasteiger partial charge in [-0.25, -0.2) is 0 Å². The van der Waals surface area contributed by atoms with Crippen molar-refractivity contribution in [3.05, 3.63) is 12.2 Å². The topological polar surface area (TPSA) is 12.0 Å². The summed E-state index contributed by atoms with van der Waals surface area (Å²) in [5.41, 5.74) is 0.429. The number of allylic oxidation sites excluding steroid dienone is 1. The molecule has 1 heteroatoms. The van der Waals surface area contributed by atoms with Crippen LogP contribution in [0.3, 0.4) is 0 Å². The van der Waals surface area contributed by atoms with Crippen molar-refractivity contribution in [1.29, 1.82) is 0 Å².